The van der Waals surface area contributed by atoms with E-state index < -0.39 is 0 Å². The molecule has 1 aliphatic rings. The first-order valence-electron chi connectivity index (χ1n) is 8.57. The summed E-state index contributed by atoms with van der Waals surface area (Å²) in [4.78, 5) is 27.8. The number of hydrogen-bond donors (Lipinski definition) is 1. The highest BCUT2D eigenvalue weighted by Crippen LogP contribution is 2.27. The van der Waals surface area contributed by atoms with E-state index in [9.17, 15) is 14.0 Å². The minimum atomic E-state index is -0.359. The number of thioether (sulfide) groups is 1. The zero-order valence-electron chi connectivity index (χ0n) is 14.6. The number of piperidine rings is 1. The van der Waals surface area contributed by atoms with Crippen molar-refractivity contribution in [2.45, 2.75) is 17.7 Å². The Hall–Kier alpha value is -2.34. The maximum Gasteiger partial charge on any atom is 0.253 e. The molecule has 0 bridgehead atoms. The van der Waals surface area contributed by atoms with E-state index in [0.717, 1.165) is 10.6 Å². The molecular formula is C20H21FN2O2S. The normalized spacial score (nSPS) is 14.9. The molecule has 1 heterocycles. The Morgan fingerprint density at radius 3 is 2.38 bits per heavy atom. The van der Waals surface area contributed by atoms with Gasteiger partial charge in [-0.15, -0.1) is 11.8 Å². The van der Waals surface area contributed by atoms with Crippen LogP contribution in [0.5, 0.6) is 0 Å². The fourth-order valence-electron chi connectivity index (χ4n) is 3.10. The van der Waals surface area contributed by atoms with Crippen LogP contribution in [-0.4, -0.2) is 36.1 Å². The smallest absolute Gasteiger partial charge is 0.253 e. The molecule has 1 fully saturated rings. The van der Waals surface area contributed by atoms with Gasteiger partial charge in [0.05, 0.1) is 5.69 Å². The molecule has 26 heavy (non-hydrogen) atoms. The molecule has 0 saturated carbocycles. The van der Waals surface area contributed by atoms with Gasteiger partial charge in [0.15, 0.2) is 0 Å². The van der Waals surface area contributed by atoms with Crippen molar-refractivity contribution in [3.05, 3.63) is 59.9 Å². The molecule has 6 heteroatoms. The summed E-state index contributed by atoms with van der Waals surface area (Å²) in [5.74, 6) is -0.582. The van der Waals surface area contributed by atoms with Crippen molar-refractivity contribution in [2.24, 2.45) is 5.92 Å². The van der Waals surface area contributed by atoms with Crippen LogP contribution >= 0.6 is 11.8 Å². The number of carbonyl (C=O) groups excluding carboxylic acids is 2. The number of para-hydroxylation sites is 1. The number of carbonyl (C=O) groups is 2. The van der Waals surface area contributed by atoms with Gasteiger partial charge in [-0.1, -0.05) is 12.1 Å². The summed E-state index contributed by atoms with van der Waals surface area (Å²) in [5, 5.41) is 3.01. The Morgan fingerprint density at radius 1 is 1.08 bits per heavy atom. The molecule has 2 amide bonds. The second-order valence-corrected chi connectivity index (χ2v) is 7.11. The lowest BCUT2D eigenvalue weighted by Gasteiger charge is -2.31. The highest BCUT2D eigenvalue weighted by atomic mass is 32.2. The van der Waals surface area contributed by atoms with Gasteiger partial charge in [-0.2, -0.15) is 0 Å². The number of halogens is 1. The molecule has 0 radical (unpaired) electrons. The van der Waals surface area contributed by atoms with Crippen molar-refractivity contribution in [1.29, 1.82) is 0 Å². The number of amides is 2. The van der Waals surface area contributed by atoms with E-state index in [2.05, 4.69) is 5.32 Å². The molecule has 2 aromatic carbocycles. The molecule has 0 aliphatic carbocycles. The average Bonchev–Trinajstić information content (AvgIpc) is 2.68. The van der Waals surface area contributed by atoms with Crippen LogP contribution in [0.2, 0.25) is 0 Å². The number of likely N-dealkylation sites (tertiary alicyclic amines) is 1. The quantitative estimate of drug-likeness (QED) is 0.824. The number of benzene rings is 2. The minimum Gasteiger partial charge on any atom is -0.339 e. The van der Waals surface area contributed by atoms with Gasteiger partial charge in [-0.3, -0.25) is 9.59 Å². The van der Waals surface area contributed by atoms with Crippen molar-refractivity contribution in [1.82, 2.24) is 4.90 Å². The van der Waals surface area contributed by atoms with Crippen LogP contribution in [0.1, 0.15) is 23.2 Å². The Kier molecular flexibility index (Phi) is 5.93. The number of nitrogens with zero attached hydrogens (tertiary/aromatic N) is 1. The lowest BCUT2D eigenvalue weighted by molar-refractivity contribution is -0.121. The lowest BCUT2D eigenvalue weighted by Crippen LogP contribution is -2.41. The van der Waals surface area contributed by atoms with E-state index in [0.29, 0.717) is 31.5 Å². The summed E-state index contributed by atoms with van der Waals surface area (Å²) in [6, 6.07) is 13.3. The predicted octanol–water partition coefficient (Wildman–Crippen LogP) is 4.04. The highest BCUT2D eigenvalue weighted by Gasteiger charge is 2.28. The summed E-state index contributed by atoms with van der Waals surface area (Å²) < 4.78 is 13.0. The fraction of sp³-hybridized carbons (Fsp3) is 0.300. The number of nitrogens with one attached hydrogen (secondary N) is 1. The third-order valence-electron chi connectivity index (χ3n) is 4.61. The third kappa shape index (κ3) is 4.25. The van der Waals surface area contributed by atoms with E-state index in [1.165, 1.54) is 24.3 Å². The van der Waals surface area contributed by atoms with E-state index >= 15 is 0 Å². The van der Waals surface area contributed by atoms with Crippen molar-refractivity contribution in [3.63, 3.8) is 0 Å². The summed E-state index contributed by atoms with van der Waals surface area (Å²) >= 11 is 1.59. The summed E-state index contributed by atoms with van der Waals surface area (Å²) in [5.41, 5.74) is 1.30. The molecule has 4 nitrogen and oxygen atoms in total. The summed E-state index contributed by atoms with van der Waals surface area (Å²) in [7, 11) is 0. The van der Waals surface area contributed by atoms with E-state index in [-0.39, 0.29) is 23.5 Å². The molecule has 1 N–H and O–H groups in total. The molecule has 0 aromatic heterocycles. The van der Waals surface area contributed by atoms with Crippen molar-refractivity contribution >= 4 is 29.3 Å². The van der Waals surface area contributed by atoms with E-state index in [4.69, 9.17) is 0 Å². The SMILES string of the molecule is CSc1ccccc1NC(=O)C1CCN(C(=O)c2ccc(F)cc2)CC1. The molecule has 2 aromatic rings. The van der Waals surface area contributed by atoms with Gasteiger partial charge in [0.1, 0.15) is 5.82 Å². The molecule has 0 spiro atoms. The minimum absolute atomic E-state index is 0.000353. The Bertz CT molecular complexity index is 787. The van der Waals surface area contributed by atoms with Gasteiger partial charge in [-0.05, 0) is 55.5 Å². The number of hydrogen-bond acceptors (Lipinski definition) is 3. The molecule has 1 aliphatic heterocycles. The van der Waals surface area contributed by atoms with Gasteiger partial charge in [-0.25, -0.2) is 4.39 Å². The van der Waals surface area contributed by atoms with Crippen LogP contribution in [0.25, 0.3) is 0 Å². The Morgan fingerprint density at radius 2 is 1.73 bits per heavy atom. The van der Waals surface area contributed by atoms with Crippen LogP contribution in [0.3, 0.4) is 0 Å². The average molecular weight is 372 g/mol. The van der Waals surface area contributed by atoms with Gasteiger partial charge < -0.3 is 10.2 Å². The van der Waals surface area contributed by atoms with Gasteiger partial charge in [0.2, 0.25) is 5.91 Å². The van der Waals surface area contributed by atoms with Gasteiger partial charge >= 0.3 is 0 Å². The maximum absolute atomic E-state index is 13.0. The molecule has 136 valence electrons. The molecule has 0 unspecified atom stereocenters. The topological polar surface area (TPSA) is 49.4 Å². The zero-order chi connectivity index (χ0) is 18.5. The van der Waals surface area contributed by atoms with E-state index in [1.54, 1.807) is 16.7 Å². The third-order valence-corrected chi connectivity index (χ3v) is 5.40. The molecular weight excluding hydrogens is 351 g/mol. The maximum atomic E-state index is 13.0. The zero-order valence-corrected chi connectivity index (χ0v) is 15.4. The predicted molar refractivity (Wildman–Crippen MR) is 102 cm³/mol. The second-order valence-electron chi connectivity index (χ2n) is 6.26. The van der Waals surface area contributed by atoms with Crippen molar-refractivity contribution in [3.8, 4) is 0 Å². The second kappa shape index (κ2) is 8.36. The van der Waals surface area contributed by atoms with Crippen LogP contribution < -0.4 is 5.32 Å². The first kappa shape index (κ1) is 18.5. The monoisotopic (exact) mass is 372 g/mol. The van der Waals surface area contributed by atoms with Crippen molar-refractivity contribution in [2.75, 3.05) is 24.7 Å². The number of anilines is 1. The van der Waals surface area contributed by atoms with Crippen LogP contribution in [0.4, 0.5) is 10.1 Å². The van der Waals surface area contributed by atoms with Crippen LogP contribution in [0.15, 0.2) is 53.4 Å². The van der Waals surface area contributed by atoms with Crippen LogP contribution in [0, 0.1) is 11.7 Å². The largest absolute Gasteiger partial charge is 0.339 e. The summed E-state index contributed by atoms with van der Waals surface area (Å²) in [6.07, 6.45) is 3.23. The molecule has 1 saturated heterocycles. The lowest BCUT2D eigenvalue weighted by atomic mass is 9.95. The highest BCUT2D eigenvalue weighted by molar-refractivity contribution is 7.98. The molecule has 3 rings (SSSR count). The fourth-order valence-corrected chi connectivity index (χ4v) is 3.66. The van der Waals surface area contributed by atoms with Gasteiger partial charge in [0.25, 0.3) is 5.91 Å². The van der Waals surface area contributed by atoms with E-state index in [1.807, 2.05) is 30.5 Å². The standard InChI is InChI=1S/C20H21FN2O2S/c1-26-18-5-3-2-4-17(18)22-19(24)14-10-12-23(13-11-14)20(25)15-6-8-16(21)9-7-15/h2-9,14H,10-13H2,1H3,(H,22,24). The van der Waals surface area contributed by atoms with Crippen LogP contribution in [-0.2, 0) is 4.79 Å². The molecule has 0 atom stereocenters. The Labute approximate surface area is 156 Å². The first-order chi connectivity index (χ1) is 12.6. The first-order valence-corrected chi connectivity index (χ1v) is 9.79. The summed E-state index contributed by atoms with van der Waals surface area (Å²) in [6.45, 7) is 1.05. The Balaban J connectivity index is 1.57. The van der Waals surface area contributed by atoms with Crippen molar-refractivity contribution < 1.29 is 14.0 Å². The number of rotatable bonds is 4. The van der Waals surface area contributed by atoms with Gasteiger partial charge in [0, 0.05) is 29.5 Å².